The van der Waals surface area contributed by atoms with Crippen LogP contribution in [-0.2, 0) is 0 Å². The Balaban J connectivity index is 2.24. The van der Waals surface area contributed by atoms with Gasteiger partial charge in [0, 0.05) is 16.8 Å². The summed E-state index contributed by atoms with van der Waals surface area (Å²) < 4.78 is 1.41. The number of aromatic carboxylic acids is 1. The molecule has 0 radical (unpaired) electrons. The van der Waals surface area contributed by atoms with E-state index in [2.05, 4.69) is 15.3 Å². The van der Waals surface area contributed by atoms with Gasteiger partial charge in [-0.1, -0.05) is 29.8 Å². The van der Waals surface area contributed by atoms with Crippen molar-refractivity contribution in [2.75, 3.05) is 0 Å². The fraction of sp³-hybridized carbons (Fsp3) is 0. The number of hydrogen-bond donors (Lipinski definition) is 1. The molecule has 104 valence electrons. The van der Waals surface area contributed by atoms with E-state index in [-0.39, 0.29) is 5.69 Å². The molecule has 0 saturated heterocycles. The third-order valence-corrected chi connectivity index (χ3v) is 3.18. The number of halogens is 1. The highest BCUT2D eigenvalue weighted by Crippen LogP contribution is 2.29. The molecule has 0 unspecified atom stereocenters. The van der Waals surface area contributed by atoms with Gasteiger partial charge in [-0.3, -0.25) is 0 Å². The molecule has 0 saturated carbocycles. The van der Waals surface area contributed by atoms with Crippen LogP contribution in [0.5, 0.6) is 0 Å². The fourth-order valence-electron chi connectivity index (χ4n) is 1.93. The second kappa shape index (κ2) is 5.34. The van der Waals surface area contributed by atoms with Crippen LogP contribution in [0.3, 0.4) is 0 Å². The second-order valence-corrected chi connectivity index (χ2v) is 4.60. The van der Waals surface area contributed by atoms with E-state index in [1.54, 1.807) is 30.3 Å². The first kappa shape index (κ1) is 13.3. The predicted molar refractivity (Wildman–Crippen MR) is 76.6 cm³/mol. The lowest BCUT2D eigenvalue weighted by atomic mass is 10.1. The molecule has 0 amide bonds. The molecule has 3 aromatic rings. The summed E-state index contributed by atoms with van der Waals surface area (Å²) in [7, 11) is 0. The number of benzene rings is 1. The Morgan fingerprint density at radius 3 is 2.67 bits per heavy atom. The molecular weight excluding hydrogens is 292 g/mol. The molecule has 0 fully saturated rings. The zero-order valence-corrected chi connectivity index (χ0v) is 11.4. The second-order valence-electron chi connectivity index (χ2n) is 4.19. The topological polar surface area (TPSA) is 80.9 Å². The Labute approximate surface area is 124 Å². The highest BCUT2D eigenvalue weighted by molar-refractivity contribution is 6.33. The minimum Gasteiger partial charge on any atom is -0.476 e. The van der Waals surface area contributed by atoms with Crippen molar-refractivity contribution < 1.29 is 9.90 Å². The van der Waals surface area contributed by atoms with Crippen LogP contribution in [0.2, 0.25) is 5.02 Å². The summed E-state index contributed by atoms with van der Waals surface area (Å²) in [5, 5.41) is 21.4. The third kappa shape index (κ3) is 2.48. The van der Waals surface area contributed by atoms with Gasteiger partial charge in [0.25, 0.3) is 0 Å². The molecule has 0 aliphatic carbocycles. The van der Waals surface area contributed by atoms with Crippen molar-refractivity contribution in [1.82, 2.24) is 20.0 Å². The number of carbonyl (C=O) groups is 1. The predicted octanol–water partition coefficient (Wildman–Crippen LogP) is 2.68. The zero-order valence-electron chi connectivity index (χ0n) is 10.6. The van der Waals surface area contributed by atoms with Gasteiger partial charge in [-0.15, -0.1) is 5.10 Å². The quantitative estimate of drug-likeness (QED) is 0.804. The molecule has 1 aromatic carbocycles. The van der Waals surface area contributed by atoms with Gasteiger partial charge in [0.15, 0.2) is 11.5 Å². The first-order valence-electron chi connectivity index (χ1n) is 6.03. The van der Waals surface area contributed by atoms with Crippen LogP contribution in [0.4, 0.5) is 0 Å². The Morgan fingerprint density at radius 1 is 1.19 bits per heavy atom. The van der Waals surface area contributed by atoms with Gasteiger partial charge in [0.2, 0.25) is 0 Å². The summed E-state index contributed by atoms with van der Waals surface area (Å²) in [5.41, 5.74) is 1.12. The molecule has 21 heavy (non-hydrogen) atoms. The Morgan fingerprint density at radius 2 is 2.00 bits per heavy atom. The average Bonchev–Trinajstić information content (AvgIpc) is 2.94. The van der Waals surface area contributed by atoms with Crippen molar-refractivity contribution in [2.24, 2.45) is 0 Å². The van der Waals surface area contributed by atoms with Crippen molar-refractivity contribution in [2.45, 2.75) is 0 Å². The maximum atomic E-state index is 11.2. The Kier molecular flexibility index (Phi) is 3.37. The van der Waals surface area contributed by atoms with E-state index in [0.717, 1.165) is 0 Å². The van der Waals surface area contributed by atoms with Gasteiger partial charge in [-0.25, -0.2) is 9.48 Å². The van der Waals surface area contributed by atoms with E-state index in [0.29, 0.717) is 22.1 Å². The maximum absolute atomic E-state index is 11.2. The van der Waals surface area contributed by atoms with Gasteiger partial charge in [-0.05, 0) is 24.3 Å². The summed E-state index contributed by atoms with van der Waals surface area (Å²) in [6, 6.07) is 12.0. The molecule has 2 aromatic heterocycles. The van der Waals surface area contributed by atoms with Gasteiger partial charge in [-0.2, -0.15) is 10.2 Å². The van der Waals surface area contributed by atoms with Gasteiger partial charge in [0.1, 0.15) is 0 Å². The number of hydrogen-bond acceptors (Lipinski definition) is 4. The normalized spacial score (nSPS) is 10.5. The lowest BCUT2D eigenvalue weighted by Gasteiger charge is -2.07. The standard InChI is InChI=1S/C14H9ClN4O2/c15-10-5-2-1-4-9(10)12-8-11(14(20)21)18-19(12)13-6-3-7-16-17-13/h1-8H,(H,20,21). The number of aromatic nitrogens is 4. The van der Waals surface area contributed by atoms with Crippen LogP contribution in [0.1, 0.15) is 10.5 Å². The van der Waals surface area contributed by atoms with E-state index < -0.39 is 5.97 Å². The minimum atomic E-state index is -1.12. The van der Waals surface area contributed by atoms with Crippen molar-refractivity contribution in [3.63, 3.8) is 0 Å². The van der Waals surface area contributed by atoms with Crippen LogP contribution >= 0.6 is 11.6 Å². The van der Waals surface area contributed by atoms with Gasteiger partial charge < -0.3 is 5.11 Å². The first-order chi connectivity index (χ1) is 10.2. The molecule has 0 spiro atoms. The summed E-state index contributed by atoms with van der Waals surface area (Å²) >= 11 is 6.18. The van der Waals surface area contributed by atoms with E-state index in [9.17, 15) is 4.79 Å². The molecule has 7 heteroatoms. The van der Waals surface area contributed by atoms with Crippen LogP contribution in [0, 0.1) is 0 Å². The highest BCUT2D eigenvalue weighted by atomic mass is 35.5. The summed E-state index contributed by atoms with van der Waals surface area (Å²) in [6.45, 7) is 0. The molecule has 2 heterocycles. The number of carboxylic acids is 1. The van der Waals surface area contributed by atoms with Gasteiger partial charge >= 0.3 is 5.97 Å². The van der Waals surface area contributed by atoms with Crippen LogP contribution in [0.25, 0.3) is 17.1 Å². The number of nitrogens with zero attached hydrogens (tertiary/aromatic N) is 4. The van der Waals surface area contributed by atoms with E-state index in [4.69, 9.17) is 16.7 Å². The molecule has 0 aliphatic rings. The average molecular weight is 301 g/mol. The summed E-state index contributed by atoms with van der Waals surface area (Å²) in [4.78, 5) is 11.2. The Bertz CT molecular complexity index is 802. The van der Waals surface area contributed by atoms with E-state index in [1.165, 1.54) is 16.9 Å². The number of carboxylic acid groups (broad SMARTS) is 1. The minimum absolute atomic E-state index is 0.0874. The molecule has 0 aliphatic heterocycles. The molecular formula is C14H9ClN4O2. The van der Waals surface area contributed by atoms with Crippen molar-refractivity contribution in [3.8, 4) is 17.1 Å². The summed E-state index contributed by atoms with van der Waals surface area (Å²) in [6.07, 6.45) is 1.53. The largest absolute Gasteiger partial charge is 0.476 e. The van der Waals surface area contributed by atoms with Crippen LogP contribution < -0.4 is 0 Å². The first-order valence-corrected chi connectivity index (χ1v) is 6.41. The fourth-order valence-corrected chi connectivity index (χ4v) is 2.16. The van der Waals surface area contributed by atoms with E-state index >= 15 is 0 Å². The Hall–Kier alpha value is -2.73. The van der Waals surface area contributed by atoms with Crippen molar-refractivity contribution >= 4 is 17.6 Å². The lowest BCUT2D eigenvalue weighted by molar-refractivity contribution is 0.0690. The maximum Gasteiger partial charge on any atom is 0.356 e. The molecule has 0 atom stereocenters. The van der Waals surface area contributed by atoms with Gasteiger partial charge in [0.05, 0.1) is 5.69 Å². The third-order valence-electron chi connectivity index (χ3n) is 2.85. The molecule has 6 nitrogen and oxygen atoms in total. The summed E-state index contributed by atoms with van der Waals surface area (Å²) in [5.74, 6) is -0.703. The van der Waals surface area contributed by atoms with Crippen LogP contribution in [0.15, 0.2) is 48.7 Å². The van der Waals surface area contributed by atoms with Crippen molar-refractivity contribution in [1.29, 1.82) is 0 Å². The lowest BCUT2D eigenvalue weighted by Crippen LogP contribution is -2.04. The zero-order chi connectivity index (χ0) is 14.8. The van der Waals surface area contributed by atoms with E-state index in [1.807, 2.05) is 6.07 Å². The number of rotatable bonds is 3. The SMILES string of the molecule is O=C(O)c1cc(-c2ccccc2Cl)n(-c2cccnn2)n1. The molecule has 0 bridgehead atoms. The smallest absolute Gasteiger partial charge is 0.356 e. The van der Waals surface area contributed by atoms with Crippen molar-refractivity contribution in [3.05, 3.63) is 59.4 Å². The highest BCUT2D eigenvalue weighted by Gasteiger charge is 2.18. The molecule has 1 N–H and O–H groups in total. The van der Waals surface area contributed by atoms with Crippen LogP contribution in [-0.4, -0.2) is 31.1 Å². The monoisotopic (exact) mass is 300 g/mol. The molecule has 3 rings (SSSR count).